The Balaban J connectivity index is 2.33. The van der Waals surface area contributed by atoms with Crippen LogP contribution in [0.25, 0.3) is 0 Å². The van der Waals surface area contributed by atoms with Gasteiger partial charge in [0.2, 0.25) is 0 Å². The van der Waals surface area contributed by atoms with E-state index in [1.165, 1.54) is 0 Å². The number of halogens is 1. The minimum absolute atomic E-state index is 0.108. The van der Waals surface area contributed by atoms with Crippen LogP contribution in [-0.2, 0) is 0 Å². The van der Waals surface area contributed by atoms with Gasteiger partial charge in [0.1, 0.15) is 0 Å². The van der Waals surface area contributed by atoms with Crippen molar-refractivity contribution in [3.05, 3.63) is 34.9 Å². The lowest BCUT2D eigenvalue weighted by Crippen LogP contribution is -2.27. The number of rotatable bonds is 8. The van der Waals surface area contributed by atoms with E-state index in [1.54, 1.807) is 24.3 Å². The second kappa shape index (κ2) is 8.25. The highest BCUT2D eigenvalue weighted by Crippen LogP contribution is 2.10. The molecule has 1 N–H and O–H groups in total. The molecule has 3 nitrogen and oxygen atoms in total. The van der Waals surface area contributed by atoms with Gasteiger partial charge in [0, 0.05) is 17.2 Å². The number of unbranched alkanes of at least 4 members (excludes halogenated alkanes) is 2. The van der Waals surface area contributed by atoms with Crippen LogP contribution < -0.4 is 0 Å². The van der Waals surface area contributed by atoms with Crippen molar-refractivity contribution in [3.63, 3.8) is 0 Å². The Kier molecular flexibility index (Phi) is 6.94. The lowest BCUT2D eigenvalue weighted by Gasteiger charge is -2.15. The van der Waals surface area contributed by atoms with Crippen molar-refractivity contribution in [1.29, 1.82) is 0 Å². The minimum Gasteiger partial charge on any atom is -0.396 e. The molecule has 100 valence electrons. The predicted molar refractivity (Wildman–Crippen MR) is 74.2 cm³/mol. The van der Waals surface area contributed by atoms with Crippen LogP contribution in [-0.4, -0.2) is 42.5 Å². The Labute approximate surface area is 113 Å². The second-order valence-electron chi connectivity index (χ2n) is 4.45. The highest BCUT2D eigenvalue weighted by Gasteiger charge is 2.08. The van der Waals surface area contributed by atoms with E-state index in [2.05, 4.69) is 0 Å². The van der Waals surface area contributed by atoms with Crippen molar-refractivity contribution in [3.8, 4) is 0 Å². The molecule has 0 heterocycles. The molecule has 0 bridgehead atoms. The Morgan fingerprint density at radius 3 is 2.50 bits per heavy atom. The first-order chi connectivity index (χ1) is 8.63. The first kappa shape index (κ1) is 15.2. The van der Waals surface area contributed by atoms with Crippen molar-refractivity contribution in [2.45, 2.75) is 19.3 Å². The van der Waals surface area contributed by atoms with Gasteiger partial charge in [0.25, 0.3) is 0 Å². The van der Waals surface area contributed by atoms with E-state index < -0.39 is 0 Å². The van der Waals surface area contributed by atoms with Crippen molar-refractivity contribution < 1.29 is 9.90 Å². The number of aliphatic hydroxyl groups excluding tert-OH is 1. The fraction of sp³-hybridized carbons (Fsp3) is 0.500. The van der Waals surface area contributed by atoms with Gasteiger partial charge in [-0.05, 0) is 57.1 Å². The van der Waals surface area contributed by atoms with E-state index in [1.807, 2.05) is 11.9 Å². The Hall–Kier alpha value is -0.900. The molecule has 0 amide bonds. The summed E-state index contributed by atoms with van der Waals surface area (Å²) in [6.45, 7) is 1.54. The van der Waals surface area contributed by atoms with Crippen LogP contribution >= 0.6 is 11.6 Å². The van der Waals surface area contributed by atoms with Gasteiger partial charge < -0.3 is 5.11 Å². The normalized spacial score (nSPS) is 10.9. The summed E-state index contributed by atoms with van der Waals surface area (Å²) in [5.74, 6) is 0.108. The molecule has 1 aromatic rings. The number of carbonyl (C=O) groups excluding carboxylic acids is 1. The largest absolute Gasteiger partial charge is 0.396 e. The van der Waals surface area contributed by atoms with E-state index in [4.69, 9.17) is 16.7 Å². The number of benzene rings is 1. The molecule has 0 atom stereocenters. The summed E-state index contributed by atoms with van der Waals surface area (Å²) in [7, 11) is 1.94. The van der Waals surface area contributed by atoms with Crippen molar-refractivity contribution >= 4 is 17.4 Å². The van der Waals surface area contributed by atoms with Crippen molar-refractivity contribution in [2.75, 3.05) is 26.7 Å². The summed E-state index contributed by atoms with van der Waals surface area (Å²) in [6.07, 6.45) is 2.83. The summed E-state index contributed by atoms with van der Waals surface area (Å²) < 4.78 is 0. The molecule has 0 spiro atoms. The molecule has 0 radical (unpaired) electrons. The van der Waals surface area contributed by atoms with E-state index >= 15 is 0 Å². The summed E-state index contributed by atoms with van der Waals surface area (Å²) in [5, 5.41) is 9.31. The van der Waals surface area contributed by atoms with Crippen molar-refractivity contribution in [1.82, 2.24) is 4.90 Å². The van der Waals surface area contributed by atoms with E-state index in [0.29, 0.717) is 17.1 Å². The van der Waals surface area contributed by atoms with Crippen LogP contribution in [0.2, 0.25) is 5.02 Å². The third-order valence-electron chi connectivity index (χ3n) is 2.78. The summed E-state index contributed by atoms with van der Waals surface area (Å²) in [6, 6.07) is 6.97. The lowest BCUT2D eigenvalue weighted by atomic mass is 10.1. The van der Waals surface area contributed by atoms with Gasteiger partial charge in [-0.1, -0.05) is 11.6 Å². The number of aliphatic hydroxyl groups is 1. The molecular formula is C14H20ClNO2. The average molecular weight is 270 g/mol. The highest BCUT2D eigenvalue weighted by molar-refractivity contribution is 6.30. The Morgan fingerprint density at radius 2 is 1.89 bits per heavy atom. The fourth-order valence-electron chi connectivity index (χ4n) is 1.72. The zero-order valence-corrected chi connectivity index (χ0v) is 11.5. The standard InChI is InChI=1S/C14H20ClNO2/c1-16(9-3-2-4-10-17)11-14(18)12-5-7-13(15)8-6-12/h5-8,17H,2-4,9-11H2,1H3. The van der Waals surface area contributed by atoms with Crippen LogP contribution in [0.1, 0.15) is 29.6 Å². The predicted octanol–water partition coefficient (Wildman–Crippen LogP) is 2.62. The van der Waals surface area contributed by atoms with Crippen LogP contribution in [0.5, 0.6) is 0 Å². The fourth-order valence-corrected chi connectivity index (χ4v) is 1.85. The number of hydrogen-bond acceptors (Lipinski definition) is 3. The molecular weight excluding hydrogens is 250 g/mol. The number of likely N-dealkylation sites (N-methyl/N-ethyl adjacent to an activating group) is 1. The molecule has 1 aromatic carbocycles. The van der Waals surface area contributed by atoms with Crippen LogP contribution in [0.4, 0.5) is 0 Å². The van der Waals surface area contributed by atoms with E-state index in [-0.39, 0.29) is 12.4 Å². The molecule has 0 aliphatic carbocycles. The summed E-state index contributed by atoms with van der Waals surface area (Å²) >= 11 is 5.78. The van der Waals surface area contributed by atoms with Crippen LogP contribution in [0.3, 0.4) is 0 Å². The molecule has 0 saturated carbocycles. The van der Waals surface area contributed by atoms with Gasteiger partial charge in [0.15, 0.2) is 5.78 Å². The molecule has 0 aliphatic rings. The van der Waals surface area contributed by atoms with Gasteiger partial charge in [-0.25, -0.2) is 0 Å². The first-order valence-corrected chi connectivity index (χ1v) is 6.59. The zero-order chi connectivity index (χ0) is 13.4. The molecule has 4 heteroatoms. The number of hydrogen-bond donors (Lipinski definition) is 1. The number of nitrogens with zero attached hydrogens (tertiary/aromatic N) is 1. The lowest BCUT2D eigenvalue weighted by molar-refractivity contribution is 0.0945. The number of Topliss-reactive ketones (excluding diaryl/α,β-unsaturated/α-hetero) is 1. The van der Waals surface area contributed by atoms with Gasteiger partial charge in [0.05, 0.1) is 6.54 Å². The molecule has 18 heavy (non-hydrogen) atoms. The SMILES string of the molecule is CN(CCCCCO)CC(=O)c1ccc(Cl)cc1. The van der Waals surface area contributed by atoms with Gasteiger partial charge in [-0.15, -0.1) is 0 Å². The monoisotopic (exact) mass is 269 g/mol. The minimum atomic E-state index is 0.108. The maximum atomic E-state index is 11.9. The van der Waals surface area contributed by atoms with Gasteiger partial charge in [-0.2, -0.15) is 0 Å². The molecule has 0 aromatic heterocycles. The smallest absolute Gasteiger partial charge is 0.176 e. The van der Waals surface area contributed by atoms with Crippen molar-refractivity contribution in [2.24, 2.45) is 0 Å². The Bertz CT molecular complexity index is 365. The third-order valence-corrected chi connectivity index (χ3v) is 3.03. The number of ketones is 1. The van der Waals surface area contributed by atoms with Crippen LogP contribution in [0, 0.1) is 0 Å². The second-order valence-corrected chi connectivity index (χ2v) is 4.89. The topological polar surface area (TPSA) is 40.5 Å². The molecule has 0 saturated heterocycles. The van der Waals surface area contributed by atoms with Crippen LogP contribution in [0.15, 0.2) is 24.3 Å². The maximum Gasteiger partial charge on any atom is 0.176 e. The third kappa shape index (κ3) is 5.63. The quantitative estimate of drug-likeness (QED) is 0.583. The zero-order valence-electron chi connectivity index (χ0n) is 10.7. The molecule has 0 fully saturated rings. The summed E-state index contributed by atoms with van der Waals surface area (Å²) in [5.41, 5.74) is 0.696. The van der Waals surface area contributed by atoms with E-state index in [9.17, 15) is 4.79 Å². The van der Waals surface area contributed by atoms with Gasteiger partial charge in [-0.3, -0.25) is 9.69 Å². The Morgan fingerprint density at radius 1 is 1.22 bits per heavy atom. The average Bonchev–Trinajstić information content (AvgIpc) is 2.35. The summed E-state index contributed by atoms with van der Waals surface area (Å²) in [4.78, 5) is 13.9. The molecule has 0 aliphatic heterocycles. The maximum absolute atomic E-state index is 11.9. The number of carbonyl (C=O) groups is 1. The highest BCUT2D eigenvalue weighted by atomic mass is 35.5. The van der Waals surface area contributed by atoms with Gasteiger partial charge >= 0.3 is 0 Å². The first-order valence-electron chi connectivity index (χ1n) is 6.21. The molecule has 1 rings (SSSR count). The van der Waals surface area contributed by atoms with E-state index in [0.717, 1.165) is 25.8 Å². The molecule has 0 unspecified atom stereocenters.